The largest absolute Gasteiger partial charge is 0.491 e. The summed E-state index contributed by atoms with van der Waals surface area (Å²) in [6.45, 7) is 2.07. The summed E-state index contributed by atoms with van der Waals surface area (Å²) in [6, 6.07) is 9.57. The van der Waals surface area contributed by atoms with E-state index in [4.69, 9.17) is 55.9 Å². The minimum atomic E-state index is -1.39. The Labute approximate surface area is 237 Å². The average molecular weight is 603 g/mol. The van der Waals surface area contributed by atoms with E-state index in [1.54, 1.807) is 6.92 Å². The van der Waals surface area contributed by atoms with Gasteiger partial charge in [-0.2, -0.15) is 5.26 Å². The highest BCUT2D eigenvalue weighted by Gasteiger charge is 2.44. The molecule has 194 valence electrons. The van der Waals surface area contributed by atoms with E-state index in [0.717, 1.165) is 18.9 Å². The van der Waals surface area contributed by atoms with Gasteiger partial charge in [-0.1, -0.05) is 58.2 Å². The highest BCUT2D eigenvalue weighted by molar-refractivity contribution is 8.03. The first-order valence-electron chi connectivity index (χ1n) is 10.6. The Morgan fingerprint density at radius 3 is 2.27 bits per heavy atom. The van der Waals surface area contributed by atoms with Gasteiger partial charge < -0.3 is 20.1 Å². The van der Waals surface area contributed by atoms with Crippen LogP contribution in [0, 0.1) is 17.2 Å². The van der Waals surface area contributed by atoms with Crippen molar-refractivity contribution < 1.29 is 23.9 Å². The Morgan fingerprint density at radius 1 is 1.11 bits per heavy atom. The first-order valence-corrected chi connectivity index (χ1v) is 13.1. The van der Waals surface area contributed by atoms with Crippen LogP contribution in [0.5, 0.6) is 5.75 Å². The number of anilines is 1. The van der Waals surface area contributed by atoms with Gasteiger partial charge in [0.05, 0.1) is 46.2 Å². The molecule has 0 aromatic heterocycles. The number of rotatable bonds is 8. The predicted molar refractivity (Wildman–Crippen MR) is 144 cm³/mol. The van der Waals surface area contributed by atoms with Crippen LogP contribution in [0.25, 0.3) is 0 Å². The molecular weight excluding hydrogens is 584 g/mol. The second-order valence-electron chi connectivity index (χ2n) is 7.56. The van der Waals surface area contributed by atoms with E-state index in [-0.39, 0.29) is 32.1 Å². The Hall–Kier alpha value is -2.61. The molecule has 37 heavy (non-hydrogen) atoms. The van der Waals surface area contributed by atoms with Crippen molar-refractivity contribution in [1.29, 1.82) is 5.26 Å². The quantitative estimate of drug-likeness (QED) is 0.289. The van der Waals surface area contributed by atoms with Crippen LogP contribution in [0.3, 0.4) is 0 Å². The standard InChI is InChI=1S/C24H19Cl4N3O5S/c1-3-36-21-16(27)4-11(5-17(21)28)19-15(9-29)23(31-22(33)20(19)24(34)35-2)37-10-18(32)30-14-7-12(25)6-13(26)8-14/h4-8,19-20H,3,10H2,1-2H3,(H,30,32)(H,31,33)/t19-,20-/m1/s1. The molecule has 13 heteroatoms. The van der Waals surface area contributed by atoms with E-state index in [1.165, 1.54) is 30.3 Å². The van der Waals surface area contributed by atoms with Crippen LogP contribution in [-0.2, 0) is 19.1 Å². The first-order chi connectivity index (χ1) is 17.6. The molecule has 0 unspecified atom stereocenters. The van der Waals surface area contributed by atoms with Crippen molar-refractivity contribution in [2.75, 3.05) is 24.8 Å². The molecule has 1 aliphatic heterocycles. The van der Waals surface area contributed by atoms with Gasteiger partial charge in [-0.3, -0.25) is 14.4 Å². The van der Waals surface area contributed by atoms with E-state index in [1.807, 2.05) is 0 Å². The van der Waals surface area contributed by atoms with Crippen LogP contribution < -0.4 is 15.4 Å². The number of benzene rings is 2. The van der Waals surface area contributed by atoms with E-state index in [0.29, 0.717) is 27.9 Å². The van der Waals surface area contributed by atoms with Crippen LogP contribution >= 0.6 is 58.2 Å². The van der Waals surface area contributed by atoms with Gasteiger partial charge in [0, 0.05) is 21.7 Å². The SMILES string of the molecule is CCOc1c(Cl)cc([C@@H]2C(C#N)=C(SCC(=O)Nc3cc(Cl)cc(Cl)c3)NC(=O)[C@@H]2C(=O)OC)cc1Cl. The maximum atomic E-state index is 13.0. The summed E-state index contributed by atoms with van der Waals surface area (Å²) in [6.07, 6.45) is 0. The lowest BCUT2D eigenvalue weighted by atomic mass is 9.78. The van der Waals surface area contributed by atoms with Crippen LogP contribution in [0.4, 0.5) is 5.69 Å². The van der Waals surface area contributed by atoms with Crippen molar-refractivity contribution in [3.05, 3.63) is 66.6 Å². The molecule has 2 aromatic carbocycles. The van der Waals surface area contributed by atoms with E-state index >= 15 is 0 Å². The number of nitriles is 1. The predicted octanol–water partition coefficient (Wildman–Crippen LogP) is 5.81. The average Bonchev–Trinajstić information content (AvgIpc) is 2.83. The molecule has 2 aromatic rings. The molecular formula is C24H19Cl4N3O5S. The number of allylic oxidation sites excluding steroid dienone is 1. The van der Waals surface area contributed by atoms with Gasteiger partial charge in [-0.25, -0.2) is 0 Å². The number of methoxy groups -OCH3 is 1. The number of nitrogens with one attached hydrogen (secondary N) is 2. The summed E-state index contributed by atoms with van der Waals surface area (Å²) >= 11 is 25.6. The van der Waals surface area contributed by atoms with Gasteiger partial charge in [0.15, 0.2) is 5.75 Å². The third-order valence-electron chi connectivity index (χ3n) is 5.15. The van der Waals surface area contributed by atoms with Crippen molar-refractivity contribution in [2.45, 2.75) is 12.8 Å². The maximum Gasteiger partial charge on any atom is 0.319 e. The molecule has 0 saturated heterocycles. The van der Waals surface area contributed by atoms with Gasteiger partial charge in [-0.15, -0.1) is 0 Å². The van der Waals surface area contributed by atoms with Gasteiger partial charge in [-0.05, 0) is 42.8 Å². The monoisotopic (exact) mass is 601 g/mol. The number of carbonyl (C=O) groups excluding carboxylic acids is 3. The Balaban J connectivity index is 1.96. The summed E-state index contributed by atoms with van der Waals surface area (Å²) in [5.74, 6) is -4.41. The molecule has 0 aliphatic carbocycles. The summed E-state index contributed by atoms with van der Waals surface area (Å²) < 4.78 is 10.3. The molecule has 2 atom stereocenters. The van der Waals surface area contributed by atoms with E-state index in [2.05, 4.69) is 16.7 Å². The summed E-state index contributed by atoms with van der Waals surface area (Å²) in [5.41, 5.74) is 0.749. The molecule has 3 rings (SSSR count). The van der Waals surface area contributed by atoms with Crippen LogP contribution in [-0.4, -0.2) is 37.3 Å². The molecule has 0 fully saturated rings. The zero-order chi connectivity index (χ0) is 27.3. The van der Waals surface area contributed by atoms with Crippen molar-refractivity contribution in [3.63, 3.8) is 0 Å². The fraction of sp³-hybridized carbons (Fsp3) is 0.250. The van der Waals surface area contributed by atoms with Gasteiger partial charge in [0.25, 0.3) is 0 Å². The zero-order valence-corrected chi connectivity index (χ0v) is 23.2. The fourth-order valence-corrected chi connectivity index (χ4v) is 5.67. The molecule has 0 bridgehead atoms. The molecule has 1 aliphatic rings. The molecule has 2 N–H and O–H groups in total. The lowest BCUT2D eigenvalue weighted by Crippen LogP contribution is -2.44. The van der Waals surface area contributed by atoms with Crippen molar-refractivity contribution >= 4 is 81.6 Å². The number of thioether (sulfide) groups is 1. The lowest BCUT2D eigenvalue weighted by Gasteiger charge is -2.31. The molecule has 0 radical (unpaired) electrons. The Morgan fingerprint density at radius 2 is 1.73 bits per heavy atom. The zero-order valence-electron chi connectivity index (χ0n) is 19.4. The van der Waals surface area contributed by atoms with Crippen molar-refractivity contribution in [1.82, 2.24) is 5.32 Å². The summed E-state index contributed by atoms with van der Waals surface area (Å²) in [4.78, 5) is 38.2. The smallest absolute Gasteiger partial charge is 0.319 e. The highest BCUT2D eigenvalue weighted by Crippen LogP contribution is 2.44. The number of halogens is 4. The normalized spacial score (nSPS) is 17.1. The van der Waals surface area contributed by atoms with Crippen LogP contribution in [0.15, 0.2) is 40.9 Å². The Bertz CT molecular complexity index is 1280. The lowest BCUT2D eigenvalue weighted by molar-refractivity contribution is -0.150. The number of amides is 2. The molecule has 0 spiro atoms. The number of hydrogen-bond donors (Lipinski definition) is 2. The number of carbonyl (C=O) groups is 3. The second kappa shape index (κ2) is 12.8. The third-order valence-corrected chi connectivity index (χ3v) is 7.16. The number of hydrogen-bond acceptors (Lipinski definition) is 7. The van der Waals surface area contributed by atoms with Crippen LogP contribution in [0.1, 0.15) is 18.4 Å². The van der Waals surface area contributed by atoms with Gasteiger partial charge in [0.2, 0.25) is 11.8 Å². The molecule has 2 amide bonds. The second-order valence-corrected chi connectivity index (χ2v) is 10.2. The highest BCUT2D eigenvalue weighted by atomic mass is 35.5. The van der Waals surface area contributed by atoms with Crippen molar-refractivity contribution in [2.24, 2.45) is 5.92 Å². The first kappa shape index (κ1) is 29.0. The molecule has 8 nitrogen and oxygen atoms in total. The minimum absolute atomic E-state index is 0.0369. The van der Waals surface area contributed by atoms with E-state index < -0.39 is 29.6 Å². The van der Waals surface area contributed by atoms with Gasteiger partial charge in [0.1, 0.15) is 5.92 Å². The maximum absolute atomic E-state index is 13.0. The molecule has 0 saturated carbocycles. The third kappa shape index (κ3) is 6.83. The Kier molecular flexibility index (Phi) is 9.99. The number of nitrogens with zero attached hydrogens (tertiary/aromatic N) is 1. The summed E-state index contributed by atoms with van der Waals surface area (Å²) in [7, 11) is 1.14. The summed E-state index contributed by atoms with van der Waals surface area (Å²) in [5, 5.41) is 16.3. The fourth-order valence-electron chi connectivity index (χ4n) is 3.68. The van der Waals surface area contributed by atoms with Crippen LogP contribution in [0.2, 0.25) is 20.1 Å². The minimum Gasteiger partial charge on any atom is -0.491 e. The number of esters is 1. The topological polar surface area (TPSA) is 118 Å². The number of ether oxygens (including phenoxy) is 2. The molecule has 1 heterocycles. The van der Waals surface area contributed by atoms with E-state index in [9.17, 15) is 19.6 Å². The van der Waals surface area contributed by atoms with Gasteiger partial charge >= 0.3 is 5.97 Å². The van der Waals surface area contributed by atoms with Crippen molar-refractivity contribution in [3.8, 4) is 11.8 Å².